The molecule has 1 heterocycles. The first-order valence-corrected chi connectivity index (χ1v) is 4.87. The molecule has 1 aromatic carbocycles. The second kappa shape index (κ2) is 3.81. The Morgan fingerprint density at radius 3 is 3.07 bits per heavy atom. The van der Waals surface area contributed by atoms with Gasteiger partial charge in [0.1, 0.15) is 5.75 Å². The number of hydrogen-bond acceptors (Lipinski definition) is 3. The van der Waals surface area contributed by atoms with E-state index in [-0.39, 0.29) is 0 Å². The van der Waals surface area contributed by atoms with Gasteiger partial charge in [-0.25, -0.2) is 0 Å². The molecule has 0 amide bonds. The van der Waals surface area contributed by atoms with Crippen LogP contribution in [0.5, 0.6) is 5.75 Å². The van der Waals surface area contributed by atoms with Gasteiger partial charge in [0, 0.05) is 6.54 Å². The van der Waals surface area contributed by atoms with E-state index in [1.807, 2.05) is 18.2 Å². The number of aliphatic carboxylic acids is 1. The maximum Gasteiger partial charge on any atom is 0.311 e. The molecular weight excluding hydrogens is 194 g/mol. The molecule has 2 N–H and O–H groups in total. The number of rotatable bonds is 2. The Morgan fingerprint density at radius 1 is 1.60 bits per heavy atom. The van der Waals surface area contributed by atoms with Crippen molar-refractivity contribution >= 4 is 11.7 Å². The van der Waals surface area contributed by atoms with Crippen molar-refractivity contribution in [3.8, 4) is 5.75 Å². The Bertz CT molecular complexity index is 389. The number of methoxy groups -OCH3 is 1. The second-order valence-electron chi connectivity index (χ2n) is 3.53. The Kier molecular flexibility index (Phi) is 2.49. The van der Waals surface area contributed by atoms with E-state index in [0.29, 0.717) is 18.7 Å². The lowest BCUT2D eigenvalue weighted by molar-refractivity contribution is -0.138. The van der Waals surface area contributed by atoms with E-state index in [0.717, 1.165) is 11.3 Å². The molecule has 0 aliphatic carbocycles. The Balaban J connectivity index is 2.48. The van der Waals surface area contributed by atoms with Gasteiger partial charge in [0.25, 0.3) is 0 Å². The van der Waals surface area contributed by atoms with Crippen LogP contribution in [0.4, 0.5) is 5.69 Å². The molecule has 1 aliphatic heterocycles. The number of nitrogens with one attached hydrogen (secondary N) is 1. The van der Waals surface area contributed by atoms with Gasteiger partial charge in [0.05, 0.1) is 18.7 Å². The third-order valence-electron chi connectivity index (χ3n) is 2.69. The smallest absolute Gasteiger partial charge is 0.311 e. The van der Waals surface area contributed by atoms with E-state index in [9.17, 15) is 4.79 Å². The first kappa shape index (κ1) is 9.83. The van der Waals surface area contributed by atoms with Crippen molar-refractivity contribution in [1.82, 2.24) is 0 Å². The van der Waals surface area contributed by atoms with Crippen molar-refractivity contribution in [3.05, 3.63) is 23.8 Å². The summed E-state index contributed by atoms with van der Waals surface area (Å²) in [5.74, 6) is -0.485. The predicted octanol–water partition coefficient (Wildman–Crippen LogP) is 1.68. The number of para-hydroxylation sites is 1. The maximum atomic E-state index is 11.0. The summed E-state index contributed by atoms with van der Waals surface area (Å²) in [6.45, 7) is 0.671. The summed E-state index contributed by atoms with van der Waals surface area (Å²) in [7, 11) is 1.58. The molecule has 15 heavy (non-hydrogen) atoms. The topological polar surface area (TPSA) is 58.6 Å². The number of carbonyl (C=O) groups is 1. The van der Waals surface area contributed by atoms with Crippen LogP contribution in [0.3, 0.4) is 0 Å². The van der Waals surface area contributed by atoms with E-state index >= 15 is 0 Å². The SMILES string of the molecule is COc1cccc2c1NCCC2C(=O)O. The number of anilines is 1. The lowest BCUT2D eigenvalue weighted by atomic mass is 9.91. The van der Waals surface area contributed by atoms with Gasteiger partial charge in [0.2, 0.25) is 0 Å². The van der Waals surface area contributed by atoms with E-state index in [1.54, 1.807) is 7.11 Å². The summed E-state index contributed by atoms with van der Waals surface area (Å²) in [4.78, 5) is 11.0. The largest absolute Gasteiger partial charge is 0.495 e. The van der Waals surface area contributed by atoms with Crippen molar-refractivity contribution in [3.63, 3.8) is 0 Å². The van der Waals surface area contributed by atoms with Gasteiger partial charge in [-0.15, -0.1) is 0 Å². The zero-order chi connectivity index (χ0) is 10.8. The average Bonchev–Trinajstić information content (AvgIpc) is 2.27. The van der Waals surface area contributed by atoms with Crippen molar-refractivity contribution in [2.45, 2.75) is 12.3 Å². The highest BCUT2D eigenvalue weighted by Gasteiger charge is 2.27. The number of hydrogen-bond donors (Lipinski definition) is 2. The van der Waals surface area contributed by atoms with Crippen LogP contribution in [0, 0.1) is 0 Å². The Labute approximate surface area is 87.9 Å². The molecule has 0 radical (unpaired) electrons. The summed E-state index contributed by atoms with van der Waals surface area (Å²) in [5, 5.41) is 12.3. The molecule has 4 heteroatoms. The Morgan fingerprint density at radius 2 is 2.40 bits per heavy atom. The van der Waals surface area contributed by atoms with Gasteiger partial charge >= 0.3 is 5.97 Å². The molecule has 0 fully saturated rings. The fourth-order valence-electron chi connectivity index (χ4n) is 1.95. The molecule has 0 bridgehead atoms. The predicted molar refractivity (Wildman–Crippen MR) is 56.5 cm³/mol. The lowest BCUT2D eigenvalue weighted by Crippen LogP contribution is -2.22. The molecular formula is C11H13NO3. The Hall–Kier alpha value is -1.71. The molecule has 0 spiro atoms. The number of benzene rings is 1. The summed E-state index contributed by atoms with van der Waals surface area (Å²) >= 11 is 0. The van der Waals surface area contributed by atoms with Gasteiger partial charge in [-0.3, -0.25) is 4.79 Å². The zero-order valence-corrected chi connectivity index (χ0v) is 8.49. The highest BCUT2D eigenvalue weighted by atomic mass is 16.5. The lowest BCUT2D eigenvalue weighted by Gasteiger charge is -2.25. The van der Waals surface area contributed by atoms with E-state index in [2.05, 4.69) is 5.32 Å². The van der Waals surface area contributed by atoms with Crippen molar-refractivity contribution in [1.29, 1.82) is 0 Å². The molecule has 1 atom stereocenters. The second-order valence-corrected chi connectivity index (χ2v) is 3.53. The van der Waals surface area contributed by atoms with Crippen molar-refractivity contribution in [2.24, 2.45) is 0 Å². The highest BCUT2D eigenvalue weighted by molar-refractivity contribution is 5.81. The van der Waals surface area contributed by atoms with Crippen LogP contribution >= 0.6 is 0 Å². The van der Waals surface area contributed by atoms with E-state index in [4.69, 9.17) is 9.84 Å². The molecule has 1 aliphatic rings. The minimum absolute atomic E-state index is 0.420. The molecule has 4 nitrogen and oxygen atoms in total. The summed E-state index contributed by atoms with van der Waals surface area (Å²) < 4.78 is 5.19. The van der Waals surface area contributed by atoms with Crippen LogP contribution in [0.1, 0.15) is 17.9 Å². The maximum absolute atomic E-state index is 11.0. The van der Waals surface area contributed by atoms with Crippen LogP contribution < -0.4 is 10.1 Å². The van der Waals surface area contributed by atoms with Gasteiger partial charge in [0.15, 0.2) is 0 Å². The monoisotopic (exact) mass is 207 g/mol. The minimum Gasteiger partial charge on any atom is -0.495 e. The minimum atomic E-state index is -0.772. The quantitative estimate of drug-likeness (QED) is 0.774. The van der Waals surface area contributed by atoms with Crippen LogP contribution in [0.15, 0.2) is 18.2 Å². The average molecular weight is 207 g/mol. The fourth-order valence-corrected chi connectivity index (χ4v) is 1.95. The number of carboxylic acid groups (broad SMARTS) is 1. The van der Waals surface area contributed by atoms with Gasteiger partial charge < -0.3 is 15.2 Å². The molecule has 0 saturated carbocycles. The first-order valence-electron chi connectivity index (χ1n) is 4.87. The number of ether oxygens (including phenoxy) is 1. The highest BCUT2D eigenvalue weighted by Crippen LogP contribution is 2.37. The fraction of sp³-hybridized carbons (Fsp3) is 0.364. The van der Waals surface area contributed by atoms with Gasteiger partial charge in [-0.2, -0.15) is 0 Å². The molecule has 0 aromatic heterocycles. The van der Waals surface area contributed by atoms with Crippen molar-refractivity contribution in [2.75, 3.05) is 19.0 Å². The normalized spacial score (nSPS) is 18.9. The van der Waals surface area contributed by atoms with Crippen LogP contribution in [-0.2, 0) is 4.79 Å². The third kappa shape index (κ3) is 1.63. The number of fused-ring (bicyclic) bond motifs is 1. The van der Waals surface area contributed by atoms with Crippen LogP contribution in [-0.4, -0.2) is 24.7 Å². The van der Waals surface area contributed by atoms with Crippen LogP contribution in [0.25, 0.3) is 0 Å². The molecule has 2 rings (SSSR count). The first-order chi connectivity index (χ1) is 7.24. The van der Waals surface area contributed by atoms with E-state index in [1.165, 1.54) is 0 Å². The van der Waals surface area contributed by atoms with Crippen LogP contribution in [0.2, 0.25) is 0 Å². The summed E-state index contributed by atoms with van der Waals surface area (Å²) in [6, 6.07) is 5.49. The van der Waals surface area contributed by atoms with Gasteiger partial charge in [-0.05, 0) is 18.1 Å². The summed E-state index contributed by atoms with van der Waals surface area (Å²) in [6.07, 6.45) is 0.621. The molecule has 1 unspecified atom stereocenters. The standard InChI is InChI=1S/C11H13NO3/c1-15-9-4-2-3-7-8(11(13)14)5-6-12-10(7)9/h2-4,8,12H,5-6H2,1H3,(H,13,14). The number of carboxylic acids is 1. The molecule has 80 valence electrons. The van der Waals surface area contributed by atoms with Crippen molar-refractivity contribution < 1.29 is 14.6 Å². The zero-order valence-electron chi connectivity index (χ0n) is 8.49. The van der Waals surface area contributed by atoms with E-state index < -0.39 is 11.9 Å². The molecule has 0 saturated heterocycles. The van der Waals surface area contributed by atoms with Gasteiger partial charge in [-0.1, -0.05) is 12.1 Å². The summed E-state index contributed by atoms with van der Waals surface area (Å²) in [5.41, 5.74) is 1.63. The molecule has 1 aromatic rings. The third-order valence-corrected chi connectivity index (χ3v) is 2.69.